The summed E-state index contributed by atoms with van der Waals surface area (Å²) in [5.74, 6) is 2.51. The van der Waals surface area contributed by atoms with Crippen LogP contribution in [0.4, 0.5) is 0 Å². The Morgan fingerprint density at radius 3 is 2.80 bits per heavy atom. The topological polar surface area (TPSA) is 15.3 Å². The predicted octanol–water partition coefficient (Wildman–Crippen LogP) is 3.41. The van der Waals surface area contributed by atoms with Gasteiger partial charge in [0.25, 0.3) is 0 Å². The Morgan fingerprint density at radius 2 is 2.15 bits per heavy atom. The van der Waals surface area contributed by atoms with E-state index in [1.165, 1.54) is 30.0 Å². The molecule has 2 rings (SSSR count). The van der Waals surface area contributed by atoms with Gasteiger partial charge in [0.15, 0.2) is 0 Å². The van der Waals surface area contributed by atoms with E-state index in [0.717, 1.165) is 17.4 Å². The average molecular weight is 357 g/mol. The van der Waals surface area contributed by atoms with Gasteiger partial charge in [-0.15, -0.1) is 0 Å². The van der Waals surface area contributed by atoms with Gasteiger partial charge in [-0.1, -0.05) is 35.0 Å². The lowest BCUT2D eigenvalue weighted by Crippen LogP contribution is -2.53. The Labute approximate surface area is 135 Å². The molecule has 1 aromatic rings. The van der Waals surface area contributed by atoms with Crippen molar-refractivity contribution in [1.29, 1.82) is 0 Å². The smallest absolute Gasteiger partial charge is 0.0340 e. The number of hydrogen-bond acceptors (Lipinski definition) is 3. The average Bonchev–Trinajstić information content (AvgIpc) is 2.46. The number of halogens is 1. The Bertz CT molecular complexity index is 396. The third-order valence-corrected chi connectivity index (χ3v) is 5.51. The first-order valence-corrected chi connectivity index (χ1v) is 9.41. The van der Waals surface area contributed by atoms with Gasteiger partial charge in [-0.3, -0.25) is 0 Å². The zero-order valence-corrected chi connectivity index (χ0v) is 14.8. The Kier molecular flexibility index (Phi) is 6.88. The minimum Gasteiger partial charge on any atom is -0.312 e. The Morgan fingerprint density at radius 1 is 1.40 bits per heavy atom. The van der Waals surface area contributed by atoms with Crippen LogP contribution in [0, 0.1) is 0 Å². The monoisotopic (exact) mass is 356 g/mol. The van der Waals surface area contributed by atoms with E-state index in [9.17, 15) is 0 Å². The van der Waals surface area contributed by atoms with Crippen LogP contribution >= 0.6 is 27.7 Å². The maximum absolute atomic E-state index is 3.77. The summed E-state index contributed by atoms with van der Waals surface area (Å²) in [7, 11) is 2.27. The first kappa shape index (κ1) is 16.3. The first-order valence-electron chi connectivity index (χ1n) is 7.46. The lowest BCUT2D eigenvalue weighted by atomic mass is 9.99. The van der Waals surface area contributed by atoms with Crippen molar-refractivity contribution >= 4 is 27.7 Å². The molecule has 1 saturated heterocycles. The second-order valence-corrected chi connectivity index (χ2v) is 7.58. The van der Waals surface area contributed by atoms with Gasteiger partial charge in [0.2, 0.25) is 0 Å². The molecule has 0 saturated carbocycles. The molecule has 112 valence electrons. The molecule has 0 amide bonds. The van der Waals surface area contributed by atoms with E-state index in [0.29, 0.717) is 12.1 Å². The third kappa shape index (κ3) is 4.76. The van der Waals surface area contributed by atoms with E-state index >= 15 is 0 Å². The molecule has 0 aromatic heterocycles. The van der Waals surface area contributed by atoms with Crippen molar-refractivity contribution in [3.05, 3.63) is 34.3 Å². The van der Waals surface area contributed by atoms with Gasteiger partial charge in [0.05, 0.1) is 0 Å². The highest BCUT2D eigenvalue weighted by atomic mass is 79.9. The Hall–Kier alpha value is -0.0300. The summed E-state index contributed by atoms with van der Waals surface area (Å²) in [5.41, 5.74) is 1.42. The number of nitrogens with zero attached hydrogens (tertiary/aromatic N) is 1. The van der Waals surface area contributed by atoms with E-state index in [2.05, 4.69) is 76.1 Å². The molecule has 0 spiro atoms. The van der Waals surface area contributed by atoms with Crippen LogP contribution in [-0.4, -0.2) is 48.6 Å². The number of nitrogens with one attached hydrogen (secondary N) is 1. The van der Waals surface area contributed by atoms with Crippen molar-refractivity contribution < 1.29 is 0 Å². The summed E-state index contributed by atoms with van der Waals surface area (Å²) in [6.07, 6.45) is 2.31. The Balaban J connectivity index is 2.03. The summed E-state index contributed by atoms with van der Waals surface area (Å²) >= 11 is 5.60. The molecule has 0 bridgehead atoms. The maximum Gasteiger partial charge on any atom is 0.0340 e. The summed E-state index contributed by atoms with van der Waals surface area (Å²) in [6.45, 7) is 4.55. The minimum atomic E-state index is 0.550. The lowest BCUT2D eigenvalue weighted by Gasteiger charge is -2.38. The van der Waals surface area contributed by atoms with Crippen LogP contribution in [0.2, 0.25) is 0 Å². The van der Waals surface area contributed by atoms with Crippen molar-refractivity contribution in [3.63, 3.8) is 0 Å². The predicted molar refractivity (Wildman–Crippen MR) is 93.7 cm³/mol. The summed E-state index contributed by atoms with van der Waals surface area (Å²) in [5, 5.41) is 3.77. The number of likely N-dealkylation sites (N-methyl/N-ethyl adjacent to an activating group) is 1. The molecule has 1 aliphatic heterocycles. The van der Waals surface area contributed by atoms with E-state index < -0.39 is 0 Å². The molecule has 0 aliphatic carbocycles. The zero-order valence-electron chi connectivity index (χ0n) is 12.4. The molecule has 1 aromatic carbocycles. The van der Waals surface area contributed by atoms with E-state index in [1.807, 2.05) is 0 Å². The number of thioether (sulfide) groups is 1. The molecule has 1 N–H and O–H groups in total. The van der Waals surface area contributed by atoms with Gasteiger partial charge < -0.3 is 10.2 Å². The van der Waals surface area contributed by atoms with E-state index in [-0.39, 0.29) is 0 Å². The fourth-order valence-corrected chi connectivity index (χ4v) is 4.25. The van der Waals surface area contributed by atoms with Gasteiger partial charge in [-0.25, -0.2) is 0 Å². The largest absolute Gasteiger partial charge is 0.312 e. The van der Waals surface area contributed by atoms with Gasteiger partial charge >= 0.3 is 0 Å². The van der Waals surface area contributed by atoms with Crippen molar-refractivity contribution in [1.82, 2.24) is 10.2 Å². The molecular formula is C16H25BrN2S. The van der Waals surface area contributed by atoms with E-state index in [4.69, 9.17) is 0 Å². The van der Waals surface area contributed by atoms with Gasteiger partial charge in [0, 0.05) is 34.6 Å². The molecule has 2 nitrogen and oxygen atoms in total. The van der Waals surface area contributed by atoms with Crippen LogP contribution in [-0.2, 0) is 6.42 Å². The second-order valence-electron chi connectivity index (χ2n) is 5.51. The fraction of sp³-hybridized carbons (Fsp3) is 0.625. The zero-order chi connectivity index (χ0) is 14.4. The third-order valence-electron chi connectivity index (χ3n) is 3.93. The van der Waals surface area contributed by atoms with Crippen molar-refractivity contribution in [2.45, 2.75) is 31.8 Å². The van der Waals surface area contributed by atoms with Crippen molar-refractivity contribution in [3.8, 4) is 0 Å². The molecule has 4 heteroatoms. The minimum absolute atomic E-state index is 0.550. The van der Waals surface area contributed by atoms with Gasteiger partial charge in [0.1, 0.15) is 0 Å². The fourth-order valence-electron chi connectivity index (χ4n) is 2.68. The molecule has 0 radical (unpaired) electrons. The van der Waals surface area contributed by atoms with Crippen LogP contribution in [0.5, 0.6) is 0 Å². The van der Waals surface area contributed by atoms with E-state index in [1.54, 1.807) is 0 Å². The van der Waals surface area contributed by atoms with Crippen LogP contribution in [0.3, 0.4) is 0 Å². The van der Waals surface area contributed by atoms with Crippen LogP contribution in [0.15, 0.2) is 28.7 Å². The standard InChI is InChI=1S/C16H25BrN2S/c1-3-8-18-15(16-12-20-10-9-19(16)2)11-13-4-6-14(17)7-5-13/h4-7,15-16,18H,3,8-12H2,1-2H3. The van der Waals surface area contributed by atoms with Gasteiger partial charge in [-0.05, 0) is 44.1 Å². The quantitative estimate of drug-likeness (QED) is 0.840. The normalized spacial score (nSPS) is 21.9. The second kappa shape index (κ2) is 8.42. The molecule has 1 aliphatic rings. The SMILES string of the molecule is CCCNC(Cc1ccc(Br)cc1)C1CSCCN1C. The van der Waals surface area contributed by atoms with Crippen LogP contribution < -0.4 is 5.32 Å². The van der Waals surface area contributed by atoms with Crippen molar-refractivity contribution in [2.75, 3.05) is 31.6 Å². The highest BCUT2D eigenvalue weighted by molar-refractivity contribution is 9.10. The first-order chi connectivity index (χ1) is 9.70. The molecule has 2 atom stereocenters. The molecule has 20 heavy (non-hydrogen) atoms. The molecule has 1 fully saturated rings. The number of benzene rings is 1. The summed E-state index contributed by atoms with van der Waals surface area (Å²) in [4.78, 5) is 2.53. The highest BCUT2D eigenvalue weighted by Crippen LogP contribution is 2.20. The van der Waals surface area contributed by atoms with Gasteiger partial charge in [-0.2, -0.15) is 11.8 Å². The summed E-state index contributed by atoms with van der Waals surface area (Å²) in [6, 6.07) is 9.95. The number of hydrogen-bond donors (Lipinski definition) is 1. The lowest BCUT2D eigenvalue weighted by molar-refractivity contribution is 0.213. The van der Waals surface area contributed by atoms with Crippen molar-refractivity contribution in [2.24, 2.45) is 0 Å². The maximum atomic E-state index is 3.77. The molecule has 2 unspecified atom stereocenters. The summed E-state index contributed by atoms with van der Waals surface area (Å²) < 4.78 is 1.16. The van der Waals surface area contributed by atoms with Crippen LogP contribution in [0.1, 0.15) is 18.9 Å². The number of rotatable bonds is 6. The highest BCUT2D eigenvalue weighted by Gasteiger charge is 2.27. The molecule has 1 heterocycles. The van der Waals surface area contributed by atoms with Crippen LogP contribution in [0.25, 0.3) is 0 Å². The molecular weight excluding hydrogens is 332 g/mol.